The van der Waals surface area contributed by atoms with Crippen LogP contribution in [0.5, 0.6) is 5.75 Å². The first-order valence-electron chi connectivity index (χ1n) is 11.1. The molecule has 3 unspecified atom stereocenters. The van der Waals surface area contributed by atoms with Crippen LogP contribution in [0.2, 0.25) is 0 Å². The van der Waals surface area contributed by atoms with Gasteiger partial charge in [0.05, 0.1) is 17.1 Å². The van der Waals surface area contributed by atoms with E-state index in [0.29, 0.717) is 4.90 Å². The number of nitrogens with zero attached hydrogens (tertiary/aromatic N) is 2. The Morgan fingerprint density at radius 3 is 2.72 bits per heavy atom. The number of halogens is 3. The maximum atomic E-state index is 13.2. The molecule has 3 atom stereocenters. The molecule has 4 nitrogen and oxygen atoms in total. The lowest BCUT2D eigenvalue weighted by Crippen LogP contribution is -2.70. The number of benzene rings is 2. The summed E-state index contributed by atoms with van der Waals surface area (Å²) in [5.41, 5.74) is 7.91. The third-order valence-electron chi connectivity index (χ3n) is 7.19. The van der Waals surface area contributed by atoms with Crippen LogP contribution in [0.25, 0.3) is 0 Å². The minimum absolute atomic E-state index is 0.0937. The molecule has 2 fully saturated rings. The van der Waals surface area contributed by atoms with E-state index in [2.05, 4.69) is 4.90 Å². The van der Waals surface area contributed by atoms with Crippen molar-refractivity contribution in [2.75, 3.05) is 20.1 Å². The summed E-state index contributed by atoms with van der Waals surface area (Å²) in [4.78, 5) is 3.08. The van der Waals surface area contributed by atoms with Crippen molar-refractivity contribution in [1.82, 2.24) is 9.21 Å². The maximum Gasteiger partial charge on any atom is 0.416 e. The van der Waals surface area contributed by atoms with Crippen molar-refractivity contribution in [2.45, 2.75) is 54.4 Å². The Balaban J connectivity index is 1.49. The summed E-state index contributed by atoms with van der Waals surface area (Å²) in [6, 6.07) is 11.0. The second-order valence-electron chi connectivity index (χ2n) is 9.45. The third kappa shape index (κ3) is 4.02. The number of hydrogen-bond acceptors (Lipinski definition) is 5. The topological polar surface area (TPSA) is 52.7 Å². The van der Waals surface area contributed by atoms with Gasteiger partial charge in [0, 0.05) is 24.0 Å². The van der Waals surface area contributed by atoms with E-state index in [1.807, 2.05) is 17.4 Å². The van der Waals surface area contributed by atoms with Crippen LogP contribution in [0.4, 0.5) is 13.2 Å². The molecule has 1 heterocycles. The van der Waals surface area contributed by atoms with Gasteiger partial charge in [0.2, 0.25) is 0 Å². The number of likely N-dealkylation sites (tertiary alicyclic amines) is 1. The smallest absolute Gasteiger partial charge is 0.416 e. The molecule has 0 spiro atoms. The number of hydrogen-bond donors (Lipinski definition) is 2. The molecule has 2 aromatic rings. The van der Waals surface area contributed by atoms with Gasteiger partial charge < -0.3 is 10.8 Å². The molecule has 5 rings (SSSR count). The van der Waals surface area contributed by atoms with E-state index in [1.165, 1.54) is 36.9 Å². The molecule has 2 bridgehead atoms. The standard InChI is InChI=1S/C24H28F3N3OS/c1-29(32-19-4-2-3-17(12-19)24(25,26)27)22-21-11-16-7-8-18(31)13-20(16)23(22,28)9-10-30(21)14-15-5-6-15/h2-4,7-8,12-13,15,21-22,31H,5-6,9-11,14,28H2,1H3. The third-order valence-corrected chi connectivity index (χ3v) is 8.17. The Hall–Kier alpha value is -1.74. The van der Waals surface area contributed by atoms with Crippen LogP contribution in [-0.4, -0.2) is 46.5 Å². The highest BCUT2D eigenvalue weighted by molar-refractivity contribution is 7.97. The number of phenolic OH excluding ortho intramolecular Hbond substituents is 1. The van der Waals surface area contributed by atoms with Crippen LogP contribution in [0.15, 0.2) is 47.4 Å². The van der Waals surface area contributed by atoms with Gasteiger partial charge in [-0.1, -0.05) is 12.1 Å². The molecule has 3 N–H and O–H groups in total. The molecule has 1 saturated heterocycles. The number of likely N-dealkylation sites (N-methyl/N-ethyl adjacent to an activating group) is 1. The first-order valence-corrected chi connectivity index (χ1v) is 11.9. The van der Waals surface area contributed by atoms with Gasteiger partial charge in [0.1, 0.15) is 5.75 Å². The van der Waals surface area contributed by atoms with E-state index in [9.17, 15) is 18.3 Å². The van der Waals surface area contributed by atoms with Crippen molar-refractivity contribution in [3.63, 3.8) is 0 Å². The zero-order chi connectivity index (χ0) is 22.7. The Morgan fingerprint density at radius 2 is 2.00 bits per heavy atom. The number of alkyl halides is 3. The maximum absolute atomic E-state index is 13.2. The summed E-state index contributed by atoms with van der Waals surface area (Å²) >= 11 is 1.32. The van der Waals surface area contributed by atoms with E-state index >= 15 is 0 Å². The number of piperidine rings is 1. The summed E-state index contributed by atoms with van der Waals surface area (Å²) in [5.74, 6) is 0.933. The van der Waals surface area contributed by atoms with E-state index in [1.54, 1.807) is 18.2 Å². The average Bonchev–Trinajstić information content (AvgIpc) is 3.54. The van der Waals surface area contributed by atoms with Gasteiger partial charge in [-0.05, 0) is 92.1 Å². The Labute approximate surface area is 190 Å². The SMILES string of the molecule is CN(Sc1cccc(C(F)(F)F)c1)C1C2Cc3ccc(O)cc3C1(N)CCN2CC1CC1. The molecule has 0 aromatic heterocycles. The first-order chi connectivity index (χ1) is 15.1. The Kier molecular flexibility index (Phi) is 5.47. The first kappa shape index (κ1) is 22.1. The fourth-order valence-corrected chi connectivity index (χ4v) is 6.59. The molecular formula is C24H28F3N3OS. The van der Waals surface area contributed by atoms with Gasteiger partial charge in [0.25, 0.3) is 0 Å². The van der Waals surface area contributed by atoms with Gasteiger partial charge in [-0.15, -0.1) is 0 Å². The lowest BCUT2D eigenvalue weighted by molar-refractivity contribution is -0.137. The fourth-order valence-electron chi connectivity index (χ4n) is 5.50. The largest absolute Gasteiger partial charge is 0.508 e. The Bertz CT molecular complexity index is 1010. The Morgan fingerprint density at radius 1 is 1.22 bits per heavy atom. The molecule has 1 saturated carbocycles. The van der Waals surface area contributed by atoms with Crippen LogP contribution >= 0.6 is 11.9 Å². The highest BCUT2D eigenvalue weighted by atomic mass is 32.2. The molecule has 2 aliphatic carbocycles. The molecule has 2 aromatic carbocycles. The average molecular weight is 464 g/mol. The van der Waals surface area contributed by atoms with E-state index in [0.717, 1.165) is 49.0 Å². The van der Waals surface area contributed by atoms with Gasteiger partial charge in [-0.3, -0.25) is 4.90 Å². The quantitative estimate of drug-likeness (QED) is 0.634. The summed E-state index contributed by atoms with van der Waals surface area (Å²) in [6.45, 7) is 1.94. The predicted molar refractivity (Wildman–Crippen MR) is 119 cm³/mol. The van der Waals surface area contributed by atoms with Gasteiger partial charge in [0.15, 0.2) is 0 Å². The van der Waals surface area contributed by atoms with Crippen LogP contribution in [-0.2, 0) is 18.1 Å². The lowest BCUT2D eigenvalue weighted by atomic mass is 9.66. The number of nitrogens with two attached hydrogens (primary N) is 1. The van der Waals surface area contributed by atoms with Crippen LogP contribution in [0, 0.1) is 5.92 Å². The van der Waals surface area contributed by atoms with E-state index in [-0.39, 0.29) is 17.8 Å². The second kappa shape index (κ2) is 7.94. The zero-order valence-electron chi connectivity index (χ0n) is 18.0. The van der Waals surface area contributed by atoms with E-state index < -0.39 is 17.3 Å². The van der Waals surface area contributed by atoms with Crippen molar-refractivity contribution in [3.8, 4) is 5.75 Å². The fraction of sp³-hybridized carbons (Fsp3) is 0.500. The number of aromatic hydroxyl groups is 1. The number of rotatable bonds is 5. The van der Waals surface area contributed by atoms with Crippen LogP contribution in [0.3, 0.4) is 0 Å². The van der Waals surface area contributed by atoms with Crippen molar-refractivity contribution in [2.24, 2.45) is 11.7 Å². The van der Waals surface area contributed by atoms with Crippen molar-refractivity contribution < 1.29 is 18.3 Å². The summed E-state index contributed by atoms with van der Waals surface area (Å²) in [7, 11) is 1.93. The van der Waals surface area contributed by atoms with Crippen molar-refractivity contribution in [1.29, 1.82) is 0 Å². The molecular weight excluding hydrogens is 435 g/mol. The van der Waals surface area contributed by atoms with E-state index in [4.69, 9.17) is 5.73 Å². The highest BCUT2D eigenvalue weighted by Gasteiger charge is 2.53. The normalized spacial score (nSPS) is 28.1. The van der Waals surface area contributed by atoms with Crippen molar-refractivity contribution >= 4 is 11.9 Å². The zero-order valence-corrected chi connectivity index (χ0v) is 18.8. The highest BCUT2D eigenvalue weighted by Crippen LogP contribution is 2.48. The molecule has 8 heteroatoms. The number of fused-ring (bicyclic) bond motifs is 4. The molecule has 1 aliphatic heterocycles. The summed E-state index contributed by atoms with van der Waals surface area (Å²) in [6.07, 6.45) is -0.282. The van der Waals surface area contributed by atoms with Crippen LogP contribution < -0.4 is 5.73 Å². The summed E-state index contributed by atoms with van der Waals surface area (Å²) in [5, 5.41) is 10.2. The lowest BCUT2D eigenvalue weighted by Gasteiger charge is -2.57. The van der Waals surface area contributed by atoms with Crippen molar-refractivity contribution in [3.05, 3.63) is 59.2 Å². The van der Waals surface area contributed by atoms with Gasteiger partial charge >= 0.3 is 6.18 Å². The molecule has 3 aliphatic rings. The predicted octanol–water partition coefficient (Wildman–Crippen LogP) is 4.61. The van der Waals surface area contributed by atoms with Crippen LogP contribution in [0.1, 0.15) is 36.0 Å². The molecule has 172 valence electrons. The monoisotopic (exact) mass is 463 g/mol. The molecule has 0 amide bonds. The molecule has 32 heavy (non-hydrogen) atoms. The van der Waals surface area contributed by atoms with Gasteiger partial charge in [-0.25, -0.2) is 4.31 Å². The second-order valence-corrected chi connectivity index (χ2v) is 10.7. The minimum atomic E-state index is -4.37. The number of phenols is 1. The molecule has 0 radical (unpaired) electrons. The minimum Gasteiger partial charge on any atom is -0.508 e. The summed E-state index contributed by atoms with van der Waals surface area (Å²) < 4.78 is 41.7. The van der Waals surface area contributed by atoms with Gasteiger partial charge in [-0.2, -0.15) is 13.2 Å².